The van der Waals surface area contributed by atoms with E-state index in [-0.39, 0.29) is 23.7 Å². The standard InChI is InChI=1S/C12H11FN2O3/c1-2-17-12(16)10-9(11(14)18-15-10)7-4-3-5-8(13)6-7/h3-6H,2,14H2,1H3. The van der Waals surface area contributed by atoms with E-state index in [9.17, 15) is 9.18 Å². The minimum absolute atomic E-state index is 0.0522. The Kier molecular flexibility index (Phi) is 3.27. The number of rotatable bonds is 3. The summed E-state index contributed by atoms with van der Waals surface area (Å²) in [6.45, 7) is 1.87. The van der Waals surface area contributed by atoms with Crippen LogP contribution in [0.15, 0.2) is 28.8 Å². The monoisotopic (exact) mass is 250 g/mol. The fraction of sp³-hybridized carbons (Fsp3) is 0.167. The summed E-state index contributed by atoms with van der Waals surface area (Å²) >= 11 is 0. The van der Waals surface area contributed by atoms with Gasteiger partial charge in [0.05, 0.1) is 12.2 Å². The van der Waals surface area contributed by atoms with Crippen molar-refractivity contribution in [2.75, 3.05) is 12.3 Å². The van der Waals surface area contributed by atoms with E-state index in [4.69, 9.17) is 15.0 Å². The molecule has 0 fully saturated rings. The maximum Gasteiger partial charge on any atom is 0.361 e. The van der Waals surface area contributed by atoms with E-state index < -0.39 is 11.8 Å². The first kappa shape index (κ1) is 12.1. The summed E-state index contributed by atoms with van der Waals surface area (Å²) in [5, 5.41) is 3.54. The molecular weight excluding hydrogens is 239 g/mol. The molecule has 0 aliphatic heterocycles. The number of nitrogen functional groups attached to an aromatic ring is 1. The van der Waals surface area contributed by atoms with Gasteiger partial charge in [-0.2, -0.15) is 0 Å². The third kappa shape index (κ3) is 2.17. The highest BCUT2D eigenvalue weighted by Crippen LogP contribution is 2.30. The van der Waals surface area contributed by atoms with Crippen molar-refractivity contribution >= 4 is 11.9 Å². The molecule has 1 aromatic heterocycles. The Morgan fingerprint density at radius 1 is 1.56 bits per heavy atom. The van der Waals surface area contributed by atoms with Gasteiger partial charge in [-0.15, -0.1) is 0 Å². The van der Waals surface area contributed by atoms with Crippen LogP contribution < -0.4 is 5.73 Å². The van der Waals surface area contributed by atoms with Crippen molar-refractivity contribution < 1.29 is 18.4 Å². The molecule has 0 atom stereocenters. The molecule has 0 unspecified atom stereocenters. The topological polar surface area (TPSA) is 78.3 Å². The highest BCUT2D eigenvalue weighted by molar-refractivity contribution is 5.97. The molecule has 2 rings (SSSR count). The second-order valence-corrected chi connectivity index (χ2v) is 3.50. The summed E-state index contributed by atoms with van der Waals surface area (Å²) in [6.07, 6.45) is 0. The maximum absolute atomic E-state index is 13.2. The summed E-state index contributed by atoms with van der Waals surface area (Å²) < 4.78 is 22.7. The molecule has 94 valence electrons. The van der Waals surface area contributed by atoms with Crippen LogP contribution >= 0.6 is 0 Å². The largest absolute Gasteiger partial charge is 0.461 e. The number of hydrogen-bond donors (Lipinski definition) is 1. The predicted octanol–water partition coefficient (Wildman–Crippen LogP) is 2.24. The lowest BCUT2D eigenvalue weighted by atomic mass is 10.1. The van der Waals surface area contributed by atoms with Gasteiger partial charge in [-0.3, -0.25) is 0 Å². The van der Waals surface area contributed by atoms with Gasteiger partial charge in [0.1, 0.15) is 5.82 Å². The van der Waals surface area contributed by atoms with Gasteiger partial charge in [0.25, 0.3) is 0 Å². The molecule has 0 amide bonds. The average molecular weight is 250 g/mol. The Morgan fingerprint density at radius 3 is 3.00 bits per heavy atom. The summed E-state index contributed by atoms with van der Waals surface area (Å²) in [7, 11) is 0. The Labute approximate surface area is 102 Å². The van der Waals surface area contributed by atoms with Crippen LogP contribution in [0.1, 0.15) is 17.4 Å². The molecule has 0 spiro atoms. The SMILES string of the molecule is CCOC(=O)c1noc(N)c1-c1cccc(F)c1. The Balaban J connectivity index is 2.50. The molecule has 0 saturated carbocycles. The number of esters is 1. The van der Waals surface area contributed by atoms with Crippen molar-refractivity contribution in [1.29, 1.82) is 0 Å². The summed E-state index contributed by atoms with van der Waals surface area (Å²) in [5.74, 6) is -1.15. The lowest BCUT2D eigenvalue weighted by Crippen LogP contribution is -2.06. The van der Waals surface area contributed by atoms with Crippen molar-refractivity contribution in [3.05, 3.63) is 35.8 Å². The van der Waals surface area contributed by atoms with Gasteiger partial charge in [-0.05, 0) is 24.6 Å². The molecule has 1 heterocycles. The number of carbonyl (C=O) groups excluding carboxylic acids is 1. The van der Waals surface area contributed by atoms with E-state index in [1.54, 1.807) is 13.0 Å². The van der Waals surface area contributed by atoms with Crippen molar-refractivity contribution in [3.63, 3.8) is 0 Å². The van der Waals surface area contributed by atoms with Gasteiger partial charge in [0, 0.05) is 0 Å². The summed E-state index contributed by atoms with van der Waals surface area (Å²) in [5.41, 5.74) is 6.20. The molecule has 0 aliphatic carbocycles. The number of aromatic nitrogens is 1. The average Bonchev–Trinajstić information content (AvgIpc) is 2.71. The fourth-order valence-electron chi connectivity index (χ4n) is 1.56. The smallest absolute Gasteiger partial charge is 0.361 e. The van der Waals surface area contributed by atoms with Crippen LogP contribution in [0, 0.1) is 5.82 Å². The van der Waals surface area contributed by atoms with Gasteiger partial charge < -0.3 is 15.0 Å². The second kappa shape index (κ2) is 4.87. The lowest BCUT2D eigenvalue weighted by molar-refractivity contribution is 0.0515. The Bertz CT molecular complexity index is 580. The molecule has 0 radical (unpaired) electrons. The zero-order valence-corrected chi connectivity index (χ0v) is 9.64. The van der Waals surface area contributed by atoms with Gasteiger partial charge in [0.2, 0.25) is 11.6 Å². The first-order chi connectivity index (χ1) is 8.63. The number of benzene rings is 1. The maximum atomic E-state index is 13.2. The number of ether oxygens (including phenoxy) is 1. The van der Waals surface area contributed by atoms with E-state index in [1.807, 2.05) is 0 Å². The zero-order chi connectivity index (χ0) is 13.1. The van der Waals surface area contributed by atoms with Crippen molar-refractivity contribution in [3.8, 4) is 11.1 Å². The number of anilines is 1. The second-order valence-electron chi connectivity index (χ2n) is 3.50. The highest BCUT2D eigenvalue weighted by atomic mass is 19.1. The molecule has 5 nitrogen and oxygen atoms in total. The van der Waals surface area contributed by atoms with Crippen molar-refractivity contribution in [2.45, 2.75) is 6.92 Å². The Hall–Kier alpha value is -2.37. The molecular formula is C12H11FN2O3. The van der Waals surface area contributed by atoms with Crippen LogP contribution in [0.5, 0.6) is 0 Å². The van der Waals surface area contributed by atoms with Crippen LogP contribution in [0.4, 0.5) is 10.3 Å². The molecule has 1 aromatic carbocycles. The predicted molar refractivity (Wildman–Crippen MR) is 62.3 cm³/mol. The van der Waals surface area contributed by atoms with E-state index in [1.165, 1.54) is 18.2 Å². The molecule has 18 heavy (non-hydrogen) atoms. The van der Waals surface area contributed by atoms with E-state index in [0.29, 0.717) is 5.56 Å². The molecule has 6 heteroatoms. The number of nitrogens with two attached hydrogens (primary N) is 1. The van der Waals surface area contributed by atoms with E-state index in [2.05, 4.69) is 5.16 Å². The number of hydrogen-bond acceptors (Lipinski definition) is 5. The van der Waals surface area contributed by atoms with Crippen LogP contribution in [0.25, 0.3) is 11.1 Å². The van der Waals surface area contributed by atoms with Crippen LogP contribution in [0.2, 0.25) is 0 Å². The molecule has 2 aromatic rings. The quantitative estimate of drug-likeness (QED) is 0.845. The van der Waals surface area contributed by atoms with Crippen LogP contribution in [-0.2, 0) is 4.74 Å². The zero-order valence-electron chi connectivity index (χ0n) is 9.64. The first-order valence-corrected chi connectivity index (χ1v) is 5.31. The minimum Gasteiger partial charge on any atom is -0.461 e. The van der Waals surface area contributed by atoms with Crippen LogP contribution in [-0.4, -0.2) is 17.7 Å². The molecule has 0 saturated heterocycles. The fourth-order valence-corrected chi connectivity index (χ4v) is 1.56. The van der Waals surface area contributed by atoms with Gasteiger partial charge in [-0.1, -0.05) is 17.3 Å². The summed E-state index contributed by atoms with van der Waals surface area (Å²) in [4.78, 5) is 11.6. The van der Waals surface area contributed by atoms with Crippen LogP contribution in [0.3, 0.4) is 0 Å². The van der Waals surface area contributed by atoms with Gasteiger partial charge in [-0.25, -0.2) is 9.18 Å². The van der Waals surface area contributed by atoms with Gasteiger partial charge >= 0.3 is 5.97 Å². The third-order valence-electron chi connectivity index (χ3n) is 2.30. The van der Waals surface area contributed by atoms with Crippen molar-refractivity contribution in [1.82, 2.24) is 5.16 Å². The number of carbonyl (C=O) groups is 1. The molecule has 0 bridgehead atoms. The Morgan fingerprint density at radius 2 is 2.33 bits per heavy atom. The van der Waals surface area contributed by atoms with Crippen molar-refractivity contribution in [2.24, 2.45) is 0 Å². The lowest BCUT2D eigenvalue weighted by Gasteiger charge is -2.02. The molecule has 2 N–H and O–H groups in total. The van der Waals surface area contributed by atoms with E-state index >= 15 is 0 Å². The third-order valence-corrected chi connectivity index (χ3v) is 2.30. The number of nitrogens with zero attached hydrogens (tertiary/aromatic N) is 1. The molecule has 0 aliphatic rings. The summed E-state index contributed by atoms with van der Waals surface area (Å²) in [6, 6.07) is 5.64. The normalized spacial score (nSPS) is 10.3. The van der Waals surface area contributed by atoms with E-state index in [0.717, 1.165) is 0 Å². The number of halogens is 1. The highest BCUT2D eigenvalue weighted by Gasteiger charge is 2.23. The minimum atomic E-state index is -0.655. The first-order valence-electron chi connectivity index (χ1n) is 5.31. The van der Waals surface area contributed by atoms with Gasteiger partial charge in [0.15, 0.2) is 0 Å².